The third-order valence-corrected chi connectivity index (χ3v) is 2.83. The molecule has 0 aromatic carbocycles. The second-order valence-electron chi connectivity index (χ2n) is 4.16. The summed E-state index contributed by atoms with van der Waals surface area (Å²) >= 11 is 0. The Morgan fingerprint density at radius 2 is 2.19 bits per heavy atom. The molecule has 5 nitrogen and oxygen atoms in total. The van der Waals surface area contributed by atoms with Gasteiger partial charge in [-0.05, 0) is 12.1 Å². The Bertz CT molecular complexity index is 334. The van der Waals surface area contributed by atoms with Gasteiger partial charge in [0.1, 0.15) is 5.82 Å². The predicted octanol–water partition coefficient (Wildman–Crippen LogP) is 0.617. The molecule has 1 aliphatic rings. The zero-order valence-electron chi connectivity index (χ0n) is 9.15. The number of pyridine rings is 1. The molecule has 16 heavy (non-hydrogen) atoms. The molecule has 1 aromatic heterocycles. The fourth-order valence-corrected chi connectivity index (χ4v) is 1.70. The molecule has 5 heteroatoms. The summed E-state index contributed by atoms with van der Waals surface area (Å²) < 4.78 is 5.22. The van der Waals surface area contributed by atoms with E-state index in [0.717, 1.165) is 5.69 Å². The van der Waals surface area contributed by atoms with Crippen molar-refractivity contribution in [1.82, 2.24) is 4.98 Å². The second kappa shape index (κ2) is 4.67. The van der Waals surface area contributed by atoms with Crippen LogP contribution in [0, 0.1) is 0 Å². The molecule has 1 aliphatic heterocycles. The van der Waals surface area contributed by atoms with Gasteiger partial charge >= 0.3 is 0 Å². The highest BCUT2D eigenvalue weighted by Crippen LogP contribution is 2.21. The highest BCUT2D eigenvalue weighted by molar-refractivity contribution is 5.45. The predicted molar refractivity (Wildman–Crippen MR) is 62.1 cm³/mol. The third-order valence-electron chi connectivity index (χ3n) is 2.83. The molecule has 0 unspecified atom stereocenters. The van der Waals surface area contributed by atoms with Gasteiger partial charge in [-0.3, -0.25) is 0 Å². The average Bonchev–Trinajstić information content (AvgIpc) is 2.29. The van der Waals surface area contributed by atoms with Crippen molar-refractivity contribution in [3.63, 3.8) is 0 Å². The van der Waals surface area contributed by atoms with E-state index in [9.17, 15) is 5.11 Å². The molecule has 0 bridgehead atoms. The molecule has 0 amide bonds. The molecule has 88 valence electrons. The minimum absolute atomic E-state index is 0.496. The topological polar surface area (TPSA) is 80.4 Å². The Kier molecular flexibility index (Phi) is 3.26. The molecule has 1 aromatic rings. The lowest BCUT2D eigenvalue weighted by Crippen LogP contribution is -2.42. The number of rotatable bonds is 3. The van der Waals surface area contributed by atoms with Crippen molar-refractivity contribution in [2.75, 3.05) is 30.8 Å². The lowest BCUT2D eigenvalue weighted by molar-refractivity contribution is -0.0543. The largest absolute Gasteiger partial charge is 0.388 e. The second-order valence-corrected chi connectivity index (χ2v) is 4.16. The molecule has 2 heterocycles. The molecule has 0 spiro atoms. The number of nitrogen functional groups attached to an aromatic ring is 1. The highest BCUT2D eigenvalue weighted by atomic mass is 16.5. The summed E-state index contributed by atoms with van der Waals surface area (Å²) in [5.74, 6) is 0.496. The van der Waals surface area contributed by atoms with E-state index in [1.54, 1.807) is 12.3 Å². The van der Waals surface area contributed by atoms with Gasteiger partial charge < -0.3 is 20.9 Å². The number of ether oxygens (including phenoxy) is 1. The van der Waals surface area contributed by atoms with Crippen molar-refractivity contribution < 1.29 is 9.84 Å². The van der Waals surface area contributed by atoms with Crippen LogP contribution in [0.2, 0.25) is 0 Å². The number of anilines is 2. The number of aliphatic hydroxyl groups is 1. The van der Waals surface area contributed by atoms with Crippen LogP contribution < -0.4 is 11.1 Å². The number of hydrogen-bond donors (Lipinski definition) is 3. The van der Waals surface area contributed by atoms with Crippen molar-refractivity contribution in [3.05, 3.63) is 18.3 Å². The summed E-state index contributed by atoms with van der Waals surface area (Å²) in [6.07, 6.45) is 3.00. The molecular weight excluding hydrogens is 206 g/mol. The fourth-order valence-electron chi connectivity index (χ4n) is 1.70. The molecule has 4 N–H and O–H groups in total. The van der Waals surface area contributed by atoms with E-state index in [1.807, 2.05) is 6.07 Å². The summed E-state index contributed by atoms with van der Waals surface area (Å²) in [4.78, 5) is 3.97. The Balaban J connectivity index is 1.88. The van der Waals surface area contributed by atoms with Crippen molar-refractivity contribution >= 4 is 11.5 Å². The maximum Gasteiger partial charge on any atom is 0.123 e. The average molecular weight is 223 g/mol. The van der Waals surface area contributed by atoms with Gasteiger partial charge in [0.25, 0.3) is 0 Å². The molecule has 0 radical (unpaired) electrons. The first kappa shape index (κ1) is 11.2. The minimum atomic E-state index is -0.667. The number of nitrogens with zero attached hydrogens (tertiary/aromatic N) is 1. The van der Waals surface area contributed by atoms with E-state index >= 15 is 0 Å². The molecule has 1 saturated heterocycles. The maximum absolute atomic E-state index is 10.2. The molecule has 0 aliphatic carbocycles. The van der Waals surface area contributed by atoms with Crippen LogP contribution in [-0.4, -0.2) is 35.5 Å². The number of nitrogens with two attached hydrogens (primary N) is 1. The van der Waals surface area contributed by atoms with Gasteiger partial charge in [-0.25, -0.2) is 4.98 Å². The summed E-state index contributed by atoms with van der Waals surface area (Å²) in [7, 11) is 0. The quantitative estimate of drug-likeness (QED) is 0.700. The Morgan fingerprint density at radius 3 is 2.81 bits per heavy atom. The van der Waals surface area contributed by atoms with Crippen molar-refractivity contribution in [2.24, 2.45) is 0 Å². The fraction of sp³-hybridized carbons (Fsp3) is 0.545. The molecule has 1 fully saturated rings. The minimum Gasteiger partial charge on any atom is -0.388 e. The van der Waals surface area contributed by atoms with E-state index in [1.165, 1.54) is 0 Å². The first-order valence-corrected chi connectivity index (χ1v) is 5.44. The van der Waals surface area contributed by atoms with Crippen molar-refractivity contribution in [1.29, 1.82) is 0 Å². The zero-order chi connectivity index (χ0) is 11.4. The number of nitrogens with one attached hydrogen (secondary N) is 1. The standard InChI is InChI=1S/C11H17N3O2/c12-10-2-1-9(7-13-10)14-8-11(15)3-5-16-6-4-11/h1-2,7,14-15H,3-6,8H2,(H2,12,13). The summed E-state index contributed by atoms with van der Waals surface area (Å²) in [6, 6.07) is 3.58. The molecule has 2 rings (SSSR count). The van der Waals surface area contributed by atoms with Gasteiger partial charge in [0, 0.05) is 32.6 Å². The van der Waals surface area contributed by atoms with Crippen LogP contribution in [0.1, 0.15) is 12.8 Å². The summed E-state index contributed by atoms with van der Waals surface area (Å²) in [5.41, 5.74) is 5.69. The van der Waals surface area contributed by atoms with Crippen molar-refractivity contribution in [2.45, 2.75) is 18.4 Å². The normalized spacial score (nSPS) is 19.3. The smallest absolute Gasteiger partial charge is 0.123 e. The first-order chi connectivity index (χ1) is 7.68. The summed E-state index contributed by atoms with van der Waals surface area (Å²) in [5, 5.41) is 13.4. The zero-order valence-corrected chi connectivity index (χ0v) is 9.15. The number of hydrogen-bond acceptors (Lipinski definition) is 5. The van der Waals surface area contributed by atoms with E-state index in [-0.39, 0.29) is 0 Å². The molecule has 0 atom stereocenters. The molecular formula is C11H17N3O2. The van der Waals surface area contributed by atoms with Gasteiger partial charge in [-0.2, -0.15) is 0 Å². The van der Waals surface area contributed by atoms with E-state index in [2.05, 4.69) is 10.3 Å². The molecule has 0 saturated carbocycles. The van der Waals surface area contributed by atoms with Crippen LogP contribution in [-0.2, 0) is 4.74 Å². The van der Waals surface area contributed by atoms with Gasteiger partial charge in [0.15, 0.2) is 0 Å². The first-order valence-electron chi connectivity index (χ1n) is 5.44. The van der Waals surface area contributed by atoms with Crippen LogP contribution in [0.15, 0.2) is 18.3 Å². The van der Waals surface area contributed by atoms with Crippen LogP contribution in [0.5, 0.6) is 0 Å². The third kappa shape index (κ3) is 2.84. The van der Waals surface area contributed by atoms with Gasteiger partial charge in [-0.1, -0.05) is 0 Å². The number of aromatic nitrogens is 1. The summed E-state index contributed by atoms with van der Waals surface area (Å²) in [6.45, 7) is 1.76. The van der Waals surface area contributed by atoms with E-state index in [4.69, 9.17) is 10.5 Å². The van der Waals surface area contributed by atoms with Gasteiger partial charge in [0.2, 0.25) is 0 Å². The maximum atomic E-state index is 10.2. The van der Waals surface area contributed by atoms with E-state index < -0.39 is 5.60 Å². The SMILES string of the molecule is Nc1ccc(NCC2(O)CCOCC2)cn1. The van der Waals surface area contributed by atoms with Crippen LogP contribution >= 0.6 is 0 Å². The highest BCUT2D eigenvalue weighted by Gasteiger charge is 2.29. The van der Waals surface area contributed by atoms with E-state index in [0.29, 0.717) is 38.4 Å². The Hall–Kier alpha value is -1.33. The Morgan fingerprint density at radius 1 is 1.44 bits per heavy atom. The van der Waals surface area contributed by atoms with Gasteiger partial charge in [-0.15, -0.1) is 0 Å². The van der Waals surface area contributed by atoms with Crippen molar-refractivity contribution in [3.8, 4) is 0 Å². The lowest BCUT2D eigenvalue weighted by atomic mass is 9.94. The lowest BCUT2D eigenvalue weighted by Gasteiger charge is -2.32. The van der Waals surface area contributed by atoms with Crippen LogP contribution in [0.4, 0.5) is 11.5 Å². The van der Waals surface area contributed by atoms with Crippen LogP contribution in [0.25, 0.3) is 0 Å². The Labute approximate surface area is 94.6 Å². The van der Waals surface area contributed by atoms with Gasteiger partial charge in [0.05, 0.1) is 17.5 Å². The van der Waals surface area contributed by atoms with Crippen LogP contribution in [0.3, 0.4) is 0 Å². The monoisotopic (exact) mass is 223 g/mol.